The minimum absolute atomic E-state index is 0.0785. The Bertz CT molecular complexity index is 1410. The number of hydrogen-bond donors (Lipinski definition) is 1. The highest BCUT2D eigenvalue weighted by molar-refractivity contribution is 6.09. The Kier molecular flexibility index (Phi) is 9.75. The molecule has 0 unspecified atom stereocenters. The molecule has 2 amide bonds. The molecule has 1 N–H and O–H groups in total. The van der Waals surface area contributed by atoms with Gasteiger partial charge in [0.1, 0.15) is 0 Å². The van der Waals surface area contributed by atoms with Gasteiger partial charge in [0.25, 0.3) is 11.8 Å². The van der Waals surface area contributed by atoms with Gasteiger partial charge in [0, 0.05) is 30.7 Å². The molecular formula is C36H43N3O3. The zero-order valence-electron chi connectivity index (χ0n) is 25.1. The van der Waals surface area contributed by atoms with Crippen LogP contribution in [-0.4, -0.2) is 41.9 Å². The van der Waals surface area contributed by atoms with Crippen LogP contribution in [0.1, 0.15) is 79.4 Å². The Labute approximate surface area is 250 Å². The number of fused-ring (bicyclic) bond motifs is 1. The summed E-state index contributed by atoms with van der Waals surface area (Å²) in [6.07, 6.45) is 9.34. The van der Waals surface area contributed by atoms with Gasteiger partial charge in [-0.3, -0.25) is 19.4 Å². The molecule has 42 heavy (non-hydrogen) atoms. The number of para-hydroxylation sites is 2. The van der Waals surface area contributed by atoms with E-state index in [0.717, 1.165) is 35.3 Å². The maximum absolute atomic E-state index is 13.6. The number of nitrogens with one attached hydrogen (secondary N) is 1. The van der Waals surface area contributed by atoms with Crippen molar-refractivity contribution in [1.29, 1.82) is 0 Å². The lowest BCUT2D eigenvalue weighted by molar-refractivity contribution is -0.117. The predicted octanol–water partition coefficient (Wildman–Crippen LogP) is 7.12. The van der Waals surface area contributed by atoms with Gasteiger partial charge in [0.15, 0.2) is 11.5 Å². The van der Waals surface area contributed by atoms with Crippen molar-refractivity contribution in [3.05, 3.63) is 101 Å². The van der Waals surface area contributed by atoms with Gasteiger partial charge in [0.2, 0.25) is 0 Å². The van der Waals surface area contributed by atoms with Crippen molar-refractivity contribution in [2.45, 2.75) is 77.9 Å². The van der Waals surface area contributed by atoms with Gasteiger partial charge < -0.3 is 10.1 Å². The first kappa shape index (κ1) is 29.6. The van der Waals surface area contributed by atoms with Crippen LogP contribution < -0.4 is 15.0 Å². The second kappa shape index (κ2) is 13.8. The molecule has 0 spiro atoms. The largest absolute Gasteiger partial charge is 0.449 e. The predicted molar refractivity (Wildman–Crippen MR) is 170 cm³/mol. The summed E-state index contributed by atoms with van der Waals surface area (Å²) < 4.78 is 6.06. The highest BCUT2D eigenvalue weighted by Gasteiger charge is 2.30. The van der Waals surface area contributed by atoms with Crippen molar-refractivity contribution in [2.75, 3.05) is 18.0 Å². The fourth-order valence-electron chi connectivity index (χ4n) is 6.10. The summed E-state index contributed by atoms with van der Waals surface area (Å²) in [7, 11) is 0. The number of hydrogen-bond acceptors (Lipinski definition) is 4. The Hall–Kier alpha value is -3.90. The Morgan fingerprint density at radius 3 is 2.55 bits per heavy atom. The number of nitrogens with zero attached hydrogens (tertiary/aromatic N) is 2. The van der Waals surface area contributed by atoms with E-state index in [-0.39, 0.29) is 17.6 Å². The standard InChI is InChI=1S/C36H43N3O3/c1-4-27(3)38(31-13-6-5-7-14-31)22-21-37-35(40)30-19-17-28(18-20-30)24-34-36(41)39(25-29-12-10-11-26(2)23-29)32-15-8-9-16-33(32)42-34/h8-12,15-20,23-24,27,31H,4-7,13-14,21-22,25H2,1-3H3,(H,37,40)/b34-24+/t27-/m1/s1. The second-order valence-electron chi connectivity index (χ2n) is 11.6. The van der Waals surface area contributed by atoms with E-state index in [0.29, 0.717) is 36.5 Å². The minimum atomic E-state index is -0.194. The summed E-state index contributed by atoms with van der Waals surface area (Å²) in [6, 6.07) is 24.3. The molecule has 1 heterocycles. The van der Waals surface area contributed by atoms with E-state index < -0.39 is 0 Å². The molecule has 1 aliphatic carbocycles. The quantitative estimate of drug-likeness (QED) is 0.266. The second-order valence-corrected chi connectivity index (χ2v) is 11.6. The van der Waals surface area contributed by atoms with Crippen LogP contribution in [0.2, 0.25) is 0 Å². The summed E-state index contributed by atoms with van der Waals surface area (Å²) in [5.74, 6) is 0.629. The normalized spacial score (nSPS) is 17.2. The summed E-state index contributed by atoms with van der Waals surface area (Å²) in [5.41, 5.74) is 4.36. The fourth-order valence-corrected chi connectivity index (χ4v) is 6.10. The lowest BCUT2D eigenvalue weighted by Gasteiger charge is -2.38. The van der Waals surface area contributed by atoms with E-state index in [2.05, 4.69) is 30.1 Å². The third-order valence-electron chi connectivity index (χ3n) is 8.58. The third-order valence-corrected chi connectivity index (χ3v) is 8.58. The number of ether oxygens (including phenoxy) is 1. The number of carbonyl (C=O) groups is 2. The van der Waals surface area contributed by atoms with Gasteiger partial charge in [-0.25, -0.2) is 0 Å². The van der Waals surface area contributed by atoms with Crippen LogP contribution in [0.15, 0.2) is 78.6 Å². The van der Waals surface area contributed by atoms with E-state index in [9.17, 15) is 9.59 Å². The molecule has 0 bridgehead atoms. The van der Waals surface area contributed by atoms with Crippen molar-refractivity contribution in [1.82, 2.24) is 10.2 Å². The van der Waals surface area contributed by atoms with Gasteiger partial charge >= 0.3 is 0 Å². The number of amides is 2. The number of rotatable bonds is 10. The Morgan fingerprint density at radius 1 is 1.05 bits per heavy atom. The van der Waals surface area contributed by atoms with Crippen LogP contribution in [0.5, 0.6) is 5.75 Å². The molecule has 0 radical (unpaired) electrons. The van der Waals surface area contributed by atoms with Crippen LogP contribution in [-0.2, 0) is 11.3 Å². The smallest absolute Gasteiger partial charge is 0.294 e. The van der Waals surface area contributed by atoms with E-state index in [1.807, 2.05) is 61.5 Å². The third kappa shape index (κ3) is 7.11. The van der Waals surface area contributed by atoms with E-state index in [1.54, 1.807) is 23.1 Å². The molecule has 2 aliphatic rings. The molecule has 1 aliphatic heterocycles. The van der Waals surface area contributed by atoms with E-state index in [4.69, 9.17) is 4.74 Å². The zero-order chi connectivity index (χ0) is 29.5. The van der Waals surface area contributed by atoms with Gasteiger partial charge in [-0.05, 0) is 74.6 Å². The van der Waals surface area contributed by atoms with Gasteiger partial charge in [-0.15, -0.1) is 0 Å². The topological polar surface area (TPSA) is 61.9 Å². The van der Waals surface area contributed by atoms with E-state index >= 15 is 0 Å². The molecule has 6 nitrogen and oxygen atoms in total. The van der Waals surface area contributed by atoms with E-state index in [1.165, 1.54) is 32.1 Å². The van der Waals surface area contributed by atoms with Crippen molar-refractivity contribution in [3.63, 3.8) is 0 Å². The van der Waals surface area contributed by atoms with Crippen LogP contribution in [0.4, 0.5) is 5.69 Å². The molecule has 6 heteroatoms. The van der Waals surface area contributed by atoms with Crippen LogP contribution in [0.25, 0.3) is 6.08 Å². The van der Waals surface area contributed by atoms with Gasteiger partial charge in [-0.2, -0.15) is 0 Å². The van der Waals surface area contributed by atoms with Crippen LogP contribution in [0, 0.1) is 6.92 Å². The molecule has 3 aromatic rings. The summed E-state index contributed by atoms with van der Waals surface area (Å²) in [5, 5.41) is 3.12. The first-order chi connectivity index (χ1) is 20.4. The maximum atomic E-state index is 13.6. The molecule has 1 atom stereocenters. The molecule has 3 aromatic carbocycles. The number of anilines is 1. The molecule has 1 fully saturated rings. The van der Waals surface area contributed by atoms with Gasteiger partial charge in [-0.1, -0.05) is 80.3 Å². The fraction of sp³-hybridized carbons (Fsp3) is 0.389. The molecule has 5 rings (SSSR count). The molecule has 0 aromatic heterocycles. The molecule has 0 saturated heterocycles. The monoisotopic (exact) mass is 565 g/mol. The number of carbonyl (C=O) groups excluding carboxylic acids is 2. The SMILES string of the molecule is CC[C@@H](C)N(CCNC(=O)c1ccc(/C=C2/Oc3ccccc3N(Cc3cccc(C)c3)C2=O)cc1)C1CCCCC1. The highest BCUT2D eigenvalue weighted by Crippen LogP contribution is 2.36. The summed E-state index contributed by atoms with van der Waals surface area (Å²) >= 11 is 0. The lowest BCUT2D eigenvalue weighted by atomic mass is 9.93. The maximum Gasteiger partial charge on any atom is 0.294 e. The minimum Gasteiger partial charge on any atom is -0.449 e. The van der Waals surface area contributed by atoms with Crippen molar-refractivity contribution in [2.24, 2.45) is 0 Å². The average Bonchev–Trinajstić information content (AvgIpc) is 3.01. The van der Waals surface area contributed by atoms with Gasteiger partial charge in [0.05, 0.1) is 12.2 Å². The van der Waals surface area contributed by atoms with Crippen LogP contribution in [0.3, 0.4) is 0 Å². The van der Waals surface area contributed by atoms with Crippen molar-refractivity contribution < 1.29 is 14.3 Å². The average molecular weight is 566 g/mol. The molecule has 220 valence electrons. The van der Waals surface area contributed by atoms with Crippen molar-refractivity contribution in [3.8, 4) is 5.75 Å². The van der Waals surface area contributed by atoms with Crippen molar-refractivity contribution >= 4 is 23.6 Å². The Morgan fingerprint density at radius 2 is 1.81 bits per heavy atom. The number of benzene rings is 3. The highest BCUT2D eigenvalue weighted by atomic mass is 16.5. The Balaban J connectivity index is 1.24. The lowest BCUT2D eigenvalue weighted by Crippen LogP contribution is -2.46. The first-order valence-corrected chi connectivity index (χ1v) is 15.4. The van der Waals surface area contributed by atoms with Crippen LogP contribution >= 0.6 is 0 Å². The molecule has 1 saturated carbocycles. The first-order valence-electron chi connectivity index (χ1n) is 15.4. The number of aryl methyl sites for hydroxylation is 1. The summed E-state index contributed by atoms with van der Waals surface area (Å²) in [4.78, 5) is 30.9. The molecular weight excluding hydrogens is 522 g/mol. The summed E-state index contributed by atoms with van der Waals surface area (Å²) in [6.45, 7) is 8.53. The zero-order valence-corrected chi connectivity index (χ0v) is 25.1.